The van der Waals surface area contributed by atoms with Gasteiger partial charge in [0.1, 0.15) is 11.6 Å². The lowest BCUT2D eigenvalue weighted by molar-refractivity contribution is 0.206. The van der Waals surface area contributed by atoms with Gasteiger partial charge in [-0.15, -0.1) is 0 Å². The molecule has 0 radical (unpaired) electrons. The topological polar surface area (TPSA) is 21.3 Å². The molecule has 1 aliphatic carbocycles. The van der Waals surface area contributed by atoms with Gasteiger partial charge in [0.2, 0.25) is 0 Å². The fraction of sp³-hybridized carbons (Fsp3) is 0.571. The molecule has 0 heterocycles. The third kappa shape index (κ3) is 4.94. The number of nitrogens with one attached hydrogen (secondary N) is 1. The van der Waals surface area contributed by atoms with E-state index in [0.29, 0.717) is 10.2 Å². The van der Waals surface area contributed by atoms with Crippen LogP contribution in [0, 0.1) is 5.82 Å². The molecule has 0 saturated heterocycles. The Morgan fingerprint density at radius 1 is 1.44 bits per heavy atom. The summed E-state index contributed by atoms with van der Waals surface area (Å²) in [6.07, 6.45) is 4.83. The van der Waals surface area contributed by atoms with Crippen LogP contribution in [0.5, 0.6) is 5.75 Å². The number of hydrogen-bond acceptors (Lipinski definition) is 2. The van der Waals surface area contributed by atoms with Gasteiger partial charge in [-0.05, 0) is 51.3 Å². The zero-order valence-corrected chi connectivity index (χ0v) is 12.2. The largest absolute Gasteiger partial charge is 0.491 e. The zero-order chi connectivity index (χ0) is 13.0. The number of benzene rings is 1. The normalized spacial score (nSPS) is 16.6. The molecule has 1 aromatic carbocycles. The van der Waals surface area contributed by atoms with Crippen molar-refractivity contribution in [3.8, 4) is 5.75 Å². The second kappa shape index (κ2) is 6.53. The first-order valence-corrected chi connectivity index (χ1v) is 7.29. The fourth-order valence-electron chi connectivity index (χ4n) is 1.87. The van der Waals surface area contributed by atoms with Crippen LogP contribution in [0.25, 0.3) is 0 Å². The molecule has 1 atom stereocenters. The van der Waals surface area contributed by atoms with Crippen LogP contribution in [0.4, 0.5) is 4.39 Å². The number of halogens is 2. The Hall–Kier alpha value is -0.610. The average Bonchev–Trinajstić information content (AvgIpc) is 3.06. The lowest BCUT2D eigenvalue weighted by Crippen LogP contribution is -2.20. The predicted octanol–water partition coefficient (Wildman–Crippen LogP) is 3.89. The van der Waals surface area contributed by atoms with Crippen LogP contribution in [-0.4, -0.2) is 18.7 Å². The molecule has 0 bridgehead atoms. The van der Waals surface area contributed by atoms with E-state index < -0.39 is 0 Å². The molecule has 1 saturated carbocycles. The third-order valence-electron chi connectivity index (χ3n) is 2.97. The van der Waals surface area contributed by atoms with Gasteiger partial charge in [0.05, 0.1) is 6.10 Å². The van der Waals surface area contributed by atoms with Crippen molar-refractivity contribution in [1.29, 1.82) is 0 Å². The molecule has 0 spiro atoms. The van der Waals surface area contributed by atoms with E-state index in [0.717, 1.165) is 25.4 Å². The van der Waals surface area contributed by atoms with Gasteiger partial charge < -0.3 is 10.1 Å². The Labute approximate surface area is 116 Å². The summed E-state index contributed by atoms with van der Waals surface area (Å²) in [6, 6.07) is 5.41. The van der Waals surface area contributed by atoms with E-state index in [9.17, 15) is 4.39 Å². The molecule has 1 aromatic rings. The highest BCUT2D eigenvalue weighted by molar-refractivity contribution is 9.10. The van der Waals surface area contributed by atoms with E-state index in [2.05, 4.69) is 21.2 Å². The first-order valence-electron chi connectivity index (χ1n) is 6.49. The molecule has 18 heavy (non-hydrogen) atoms. The van der Waals surface area contributed by atoms with Gasteiger partial charge in [0.15, 0.2) is 0 Å². The van der Waals surface area contributed by atoms with Crippen LogP contribution in [0.3, 0.4) is 0 Å². The van der Waals surface area contributed by atoms with Gasteiger partial charge in [-0.25, -0.2) is 4.39 Å². The van der Waals surface area contributed by atoms with Crippen LogP contribution in [0.2, 0.25) is 0 Å². The Morgan fingerprint density at radius 2 is 2.22 bits per heavy atom. The van der Waals surface area contributed by atoms with Crippen LogP contribution in [0.15, 0.2) is 22.7 Å². The SMILES string of the molecule is CC(CCCNC1CC1)Oc1cc(F)cc(Br)c1. The summed E-state index contributed by atoms with van der Waals surface area (Å²) in [5, 5.41) is 3.47. The summed E-state index contributed by atoms with van der Waals surface area (Å²) in [6.45, 7) is 3.07. The van der Waals surface area contributed by atoms with Crippen molar-refractivity contribution in [3.63, 3.8) is 0 Å². The van der Waals surface area contributed by atoms with Crippen LogP contribution in [0.1, 0.15) is 32.6 Å². The maximum absolute atomic E-state index is 13.2. The van der Waals surface area contributed by atoms with Crippen molar-refractivity contribution in [1.82, 2.24) is 5.32 Å². The van der Waals surface area contributed by atoms with Gasteiger partial charge in [-0.2, -0.15) is 0 Å². The number of ether oxygens (including phenoxy) is 1. The lowest BCUT2D eigenvalue weighted by atomic mass is 10.2. The van der Waals surface area contributed by atoms with Crippen LogP contribution in [-0.2, 0) is 0 Å². The molecule has 1 fully saturated rings. The summed E-state index contributed by atoms with van der Waals surface area (Å²) in [7, 11) is 0. The van der Waals surface area contributed by atoms with Gasteiger partial charge >= 0.3 is 0 Å². The fourth-order valence-corrected chi connectivity index (χ4v) is 2.32. The average molecular weight is 316 g/mol. The second-order valence-corrected chi connectivity index (χ2v) is 5.82. The van der Waals surface area contributed by atoms with Crippen LogP contribution < -0.4 is 10.1 Å². The maximum Gasteiger partial charge on any atom is 0.128 e. The molecular formula is C14H19BrFNO. The maximum atomic E-state index is 13.2. The standard InChI is InChI=1S/C14H19BrFNO/c1-10(3-2-6-17-13-4-5-13)18-14-8-11(15)7-12(16)9-14/h7-10,13,17H,2-6H2,1H3. The molecule has 0 amide bonds. The summed E-state index contributed by atoms with van der Waals surface area (Å²) >= 11 is 3.26. The van der Waals surface area contributed by atoms with Gasteiger partial charge in [-0.3, -0.25) is 0 Å². The number of hydrogen-bond donors (Lipinski definition) is 1. The highest BCUT2D eigenvalue weighted by atomic mass is 79.9. The Balaban J connectivity index is 1.69. The Kier molecular flexibility index (Phi) is 5.01. The first-order chi connectivity index (χ1) is 8.63. The second-order valence-electron chi connectivity index (χ2n) is 4.90. The van der Waals surface area contributed by atoms with Crippen molar-refractivity contribution in [2.45, 2.75) is 44.8 Å². The highest BCUT2D eigenvalue weighted by Crippen LogP contribution is 2.22. The summed E-state index contributed by atoms with van der Waals surface area (Å²) in [4.78, 5) is 0. The van der Waals surface area contributed by atoms with E-state index in [1.165, 1.54) is 25.0 Å². The van der Waals surface area contributed by atoms with Crippen molar-refractivity contribution in [2.24, 2.45) is 0 Å². The van der Waals surface area contributed by atoms with Crippen molar-refractivity contribution in [3.05, 3.63) is 28.5 Å². The molecule has 100 valence electrons. The predicted molar refractivity (Wildman–Crippen MR) is 74.4 cm³/mol. The van der Waals surface area contributed by atoms with Crippen molar-refractivity contribution < 1.29 is 9.13 Å². The van der Waals surface area contributed by atoms with Crippen LogP contribution >= 0.6 is 15.9 Å². The van der Waals surface area contributed by atoms with Crippen molar-refractivity contribution in [2.75, 3.05) is 6.54 Å². The molecule has 1 aliphatic rings. The molecule has 0 aromatic heterocycles. The third-order valence-corrected chi connectivity index (χ3v) is 3.43. The molecule has 1 unspecified atom stereocenters. The molecule has 2 rings (SSSR count). The minimum Gasteiger partial charge on any atom is -0.491 e. The molecular weight excluding hydrogens is 297 g/mol. The highest BCUT2D eigenvalue weighted by Gasteiger charge is 2.19. The first kappa shape index (κ1) is 13.8. The van der Waals surface area contributed by atoms with E-state index in [1.807, 2.05) is 6.92 Å². The van der Waals surface area contributed by atoms with E-state index in [1.54, 1.807) is 6.07 Å². The Bertz CT molecular complexity index is 375. The van der Waals surface area contributed by atoms with Gasteiger partial charge in [0, 0.05) is 16.6 Å². The summed E-state index contributed by atoms with van der Waals surface area (Å²) in [5.74, 6) is 0.312. The minimum atomic E-state index is -0.276. The van der Waals surface area contributed by atoms with Gasteiger partial charge in [0.25, 0.3) is 0 Å². The summed E-state index contributed by atoms with van der Waals surface area (Å²) < 4.78 is 19.6. The molecule has 1 N–H and O–H groups in total. The molecule has 2 nitrogen and oxygen atoms in total. The molecule has 4 heteroatoms. The monoisotopic (exact) mass is 315 g/mol. The van der Waals surface area contributed by atoms with Gasteiger partial charge in [-0.1, -0.05) is 15.9 Å². The molecule has 0 aliphatic heterocycles. The van der Waals surface area contributed by atoms with E-state index in [-0.39, 0.29) is 11.9 Å². The smallest absolute Gasteiger partial charge is 0.128 e. The van der Waals surface area contributed by atoms with Crippen molar-refractivity contribution >= 4 is 15.9 Å². The van der Waals surface area contributed by atoms with E-state index >= 15 is 0 Å². The number of rotatable bonds is 7. The zero-order valence-electron chi connectivity index (χ0n) is 10.6. The van der Waals surface area contributed by atoms with E-state index in [4.69, 9.17) is 4.74 Å². The minimum absolute atomic E-state index is 0.111. The Morgan fingerprint density at radius 3 is 2.89 bits per heavy atom. The lowest BCUT2D eigenvalue weighted by Gasteiger charge is -2.15. The summed E-state index contributed by atoms with van der Waals surface area (Å²) in [5.41, 5.74) is 0. The quantitative estimate of drug-likeness (QED) is 0.771.